The molecule has 0 atom stereocenters. The number of amides is 1. The molecule has 0 bridgehead atoms. The highest BCUT2D eigenvalue weighted by atomic mass is 16.6. The molecule has 6 heteroatoms. The van der Waals surface area contributed by atoms with E-state index in [9.17, 15) is 14.9 Å². The summed E-state index contributed by atoms with van der Waals surface area (Å²) in [5.41, 5.74) is 3.11. The number of aromatic nitrogens is 1. The largest absolute Gasteiger partial charge is 0.358 e. The van der Waals surface area contributed by atoms with E-state index in [1.165, 1.54) is 12.1 Å². The van der Waals surface area contributed by atoms with Crippen LogP contribution in [0.3, 0.4) is 0 Å². The maximum atomic E-state index is 12.8. The molecule has 122 valence electrons. The Kier molecular flexibility index (Phi) is 4.04. The highest BCUT2D eigenvalue weighted by molar-refractivity contribution is 6.07. The maximum absolute atomic E-state index is 12.8. The Balaban J connectivity index is 1.88. The van der Waals surface area contributed by atoms with Crippen molar-refractivity contribution in [3.05, 3.63) is 75.5 Å². The third-order valence-corrected chi connectivity index (χ3v) is 4.00. The van der Waals surface area contributed by atoms with Gasteiger partial charge >= 0.3 is 0 Å². The summed E-state index contributed by atoms with van der Waals surface area (Å²) in [5, 5.41) is 11.8. The van der Waals surface area contributed by atoms with Crippen molar-refractivity contribution in [2.75, 3.05) is 7.05 Å². The van der Waals surface area contributed by atoms with Gasteiger partial charge in [-0.05, 0) is 18.6 Å². The van der Waals surface area contributed by atoms with Crippen molar-refractivity contribution in [3.8, 4) is 0 Å². The molecule has 1 amide bonds. The molecule has 0 fully saturated rings. The van der Waals surface area contributed by atoms with Crippen LogP contribution in [0.25, 0.3) is 10.9 Å². The fraction of sp³-hybridized carbons (Fsp3) is 0.167. The summed E-state index contributed by atoms with van der Waals surface area (Å²) in [6.45, 7) is 2.17. The van der Waals surface area contributed by atoms with Gasteiger partial charge in [-0.1, -0.05) is 30.3 Å². The van der Waals surface area contributed by atoms with Crippen LogP contribution < -0.4 is 0 Å². The molecule has 24 heavy (non-hydrogen) atoms. The molecule has 3 rings (SSSR count). The van der Waals surface area contributed by atoms with Gasteiger partial charge in [-0.2, -0.15) is 0 Å². The molecule has 0 saturated carbocycles. The predicted octanol–water partition coefficient (Wildman–Crippen LogP) is 3.66. The van der Waals surface area contributed by atoms with Crippen molar-refractivity contribution < 1.29 is 9.72 Å². The number of aromatic amines is 1. The van der Waals surface area contributed by atoms with Gasteiger partial charge in [0.2, 0.25) is 0 Å². The van der Waals surface area contributed by atoms with Crippen LogP contribution in [-0.4, -0.2) is 27.8 Å². The molecule has 0 aliphatic carbocycles. The lowest BCUT2D eigenvalue weighted by Gasteiger charge is -2.17. The van der Waals surface area contributed by atoms with E-state index < -0.39 is 4.92 Å². The van der Waals surface area contributed by atoms with E-state index in [0.29, 0.717) is 12.1 Å². The van der Waals surface area contributed by atoms with Gasteiger partial charge in [0.1, 0.15) is 0 Å². The minimum absolute atomic E-state index is 0.0247. The highest BCUT2D eigenvalue weighted by Crippen LogP contribution is 2.24. The number of rotatable bonds is 4. The van der Waals surface area contributed by atoms with Crippen molar-refractivity contribution in [3.63, 3.8) is 0 Å². The first-order valence-electron chi connectivity index (χ1n) is 7.53. The summed E-state index contributed by atoms with van der Waals surface area (Å²) in [5.74, 6) is -0.114. The molecule has 2 aromatic carbocycles. The fourth-order valence-electron chi connectivity index (χ4n) is 2.86. The molecule has 0 spiro atoms. The molecule has 1 aromatic heterocycles. The lowest BCUT2D eigenvalue weighted by molar-refractivity contribution is -0.384. The quantitative estimate of drug-likeness (QED) is 0.588. The summed E-state index contributed by atoms with van der Waals surface area (Å²) in [4.78, 5) is 28.1. The minimum atomic E-state index is -0.435. The summed E-state index contributed by atoms with van der Waals surface area (Å²) < 4.78 is 0. The Morgan fingerprint density at radius 1 is 1.21 bits per heavy atom. The number of non-ortho nitro benzene ring substituents is 1. The van der Waals surface area contributed by atoms with E-state index in [0.717, 1.165) is 22.2 Å². The molecule has 0 unspecified atom stereocenters. The number of hydrogen-bond donors (Lipinski definition) is 1. The molecule has 1 N–H and O–H groups in total. The molecule has 0 radical (unpaired) electrons. The second-order valence-electron chi connectivity index (χ2n) is 5.76. The van der Waals surface area contributed by atoms with E-state index in [-0.39, 0.29) is 11.6 Å². The number of para-hydroxylation sites is 1. The number of H-pyrrole nitrogens is 1. The van der Waals surface area contributed by atoms with Gasteiger partial charge in [-0.25, -0.2) is 0 Å². The van der Waals surface area contributed by atoms with Crippen molar-refractivity contribution in [2.24, 2.45) is 0 Å². The van der Waals surface area contributed by atoms with Gasteiger partial charge in [0.15, 0.2) is 0 Å². The smallest absolute Gasteiger partial charge is 0.269 e. The molecule has 6 nitrogen and oxygen atoms in total. The minimum Gasteiger partial charge on any atom is -0.358 e. The molecule has 0 saturated heterocycles. The van der Waals surface area contributed by atoms with Gasteiger partial charge in [-0.15, -0.1) is 0 Å². The average Bonchev–Trinajstić information content (AvgIpc) is 2.90. The SMILES string of the molecule is Cc1[nH]c2ccccc2c1C(=O)N(C)Cc1cccc([N+](=O)[O-])c1. The molecular weight excluding hydrogens is 306 g/mol. The van der Waals surface area contributed by atoms with E-state index in [1.807, 2.05) is 31.2 Å². The Hall–Kier alpha value is -3.15. The van der Waals surface area contributed by atoms with Crippen LogP contribution in [0.5, 0.6) is 0 Å². The summed E-state index contributed by atoms with van der Waals surface area (Å²) >= 11 is 0. The van der Waals surface area contributed by atoms with Crippen LogP contribution in [-0.2, 0) is 6.54 Å². The Morgan fingerprint density at radius 3 is 2.71 bits per heavy atom. The van der Waals surface area contributed by atoms with Crippen molar-refractivity contribution >= 4 is 22.5 Å². The van der Waals surface area contributed by atoms with Crippen molar-refractivity contribution in [2.45, 2.75) is 13.5 Å². The number of carbonyl (C=O) groups is 1. The fourth-order valence-corrected chi connectivity index (χ4v) is 2.86. The Labute approximate surface area is 138 Å². The number of nitro groups is 1. The van der Waals surface area contributed by atoms with Gasteiger partial charge in [0.25, 0.3) is 11.6 Å². The van der Waals surface area contributed by atoms with Crippen LogP contribution in [0, 0.1) is 17.0 Å². The standard InChI is InChI=1S/C18H17N3O3/c1-12-17(15-8-3-4-9-16(15)19-12)18(22)20(2)11-13-6-5-7-14(10-13)21(23)24/h3-10,19H,11H2,1-2H3. The number of fused-ring (bicyclic) bond motifs is 1. The van der Waals surface area contributed by atoms with Gasteiger partial charge in [0, 0.05) is 42.3 Å². The first-order valence-corrected chi connectivity index (χ1v) is 7.53. The summed E-state index contributed by atoms with van der Waals surface area (Å²) in [6, 6.07) is 14.0. The summed E-state index contributed by atoms with van der Waals surface area (Å²) in [7, 11) is 1.70. The molecule has 0 aliphatic heterocycles. The monoisotopic (exact) mass is 323 g/mol. The number of hydrogen-bond acceptors (Lipinski definition) is 3. The van der Waals surface area contributed by atoms with Crippen molar-refractivity contribution in [1.82, 2.24) is 9.88 Å². The molecule has 3 aromatic rings. The number of benzene rings is 2. The second kappa shape index (κ2) is 6.16. The lowest BCUT2D eigenvalue weighted by atomic mass is 10.1. The Morgan fingerprint density at radius 2 is 1.96 bits per heavy atom. The molecule has 1 heterocycles. The van der Waals surface area contributed by atoms with Gasteiger partial charge < -0.3 is 9.88 Å². The highest BCUT2D eigenvalue weighted by Gasteiger charge is 2.20. The normalized spacial score (nSPS) is 10.8. The zero-order chi connectivity index (χ0) is 17.3. The Bertz CT molecular complexity index is 930. The number of aryl methyl sites for hydroxylation is 1. The second-order valence-corrected chi connectivity index (χ2v) is 5.76. The molecular formula is C18H17N3O3. The first-order chi connectivity index (χ1) is 11.5. The predicted molar refractivity (Wildman–Crippen MR) is 91.9 cm³/mol. The average molecular weight is 323 g/mol. The zero-order valence-corrected chi connectivity index (χ0v) is 13.4. The number of carbonyl (C=O) groups excluding carboxylic acids is 1. The first kappa shape index (κ1) is 15.7. The third kappa shape index (κ3) is 2.86. The van der Waals surface area contributed by atoms with Gasteiger partial charge in [-0.3, -0.25) is 14.9 Å². The van der Waals surface area contributed by atoms with E-state index in [4.69, 9.17) is 0 Å². The van der Waals surface area contributed by atoms with Crippen LogP contribution in [0.1, 0.15) is 21.6 Å². The number of nitro benzene ring substituents is 1. The molecule has 0 aliphatic rings. The van der Waals surface area contributed by atoms with Crippen molar-refractivity contribution in [1.29, 1.82) is 0 Å². The van der Waals surface area contributed by atoms with Crippen LogP contribution >= 0.6 is 0 Å². The zero-order valence-electron chi connectivity index (χ0n) is 13.4. The number of nitrogens with zero attached hydrogens (tertiary/aromatic N) is 2. The van der Waals surface area contributed by atoms with E-state index in [2.05, 4.69) is 4.98 Å². The maximum Gasteiger partial charge on any atom is 0.269 e. The van der Waals surface area contributed by atoms with E-state index >= 15 is 0 Å². The third-order valence-electron chi connectivity index (χ3n) is 4.00. The van der Waals surface area contributed by atoms with Gasteiger partial charge in [0.05, 0.1) is 10.5 Å². The van der Waals surface area contributed by atoms with Crippen LogP contribution in [0.4, 0.5) is 5.69 Å². The lowest BCUT2D eigenvalue weighted by Crippen LogP contribution is -2.26. The summed E-state index contributed by atoms with van der Waals surface area (Å²) in [6.07, 6.45) is 0. The topological polar surface area (TPSA) is 79.2 Å². The van der Waals surface area contributed by atoms with Crippen LogP contribution in [0.15, 0.2) is 48.5 Å². The number of nitrogens with one attached hydrogen (secondary N) is 1. The van der Waals surface area contributed by atoms with Crippen LogP contribution in [0.2, 0.25) is 0 Å². The van der Waals surface area contributed by atoms with E-state index in [1.54, 1.807) is 24.1 Å².